The van der Waals surface area contributed by atoms with Crippen LogP contribution in [0.1, 0.15) is 37.3 Å². The molecule has 2 rings (SSSR count). The van der Waals surface area contributed by atoms with E-state index in [0.29, 0.717) is 6.04 Å². The first-order valence-corrected chi connectivity index (χ1v) is 7.34. The summed E-state index contributed by atoms with van der Waals surface area (Å²) in [4.78, 5) is 12.9. The Hall–Kier alpha value is -0.910. The van der Waals surface area contributed by atoms with Gasteiger partial charge in [-0.05, 0) is 46.6 Å². The van der Waals surface area contributed by atoms with E-state index < -0.39 is 0 Å². The first-order valence-electron chi connectivity index (χ1n) is 7.34. The fourth-order valence-electron chi connectivity index (χ4n) is 2.60. The molecule has 1 saturated heterocycles. The monoisotopic (exact) mass is 265 g/mol. The summed E-state index contributed by atoms with van der Waals surface area (Å²) in [7, 11) is 4.39. The molecule has 0 amide bonds. The van der Waals surface area contributed by atoms with Gasteiger partial charge in [-0.2, -0.15) is 0 Å². The third-order valence-corrected chi connectivity index (χ3v) is 3.77. The Morgan fingerprint density at radius 3 is 3.05 bits per heavy atom. The molecule has 1 aromatic rings. The first-order chi connectivity index (χ1) is 9.20. The van der Waals surface area contributed by atoms with Crippen LogP contribution in [0, 0.1) is 0 Å². The topological polar surface area (TPSA) is 47.2 Å². The molecule has 19 heavy (non-hydrogen) atoms. The number of likely N-dealkylation sites (N-methyl/N-ethyl adjacent to an activating group) is 2. The lowest BCUT2D eigenvalue weighted by Gasteiger charge is -2.25. The summed E-state index contributed by atoms with van der Waals surface area (Å²) in [5.41, 5.74) is 1.18. The highest BCUT2D eigenvalue weighted by atomic mass is 15.2. The van der Waals surface area contributed by atoms with Crippen LogP contribution in [-0.4, -0.2) is 60.0 Å². The van der Waals surface area contributed by atoms with Crippen molar-refractivity contribution < 1.29 is 0 Å². The van der Waals surface area contributed by atoms with E-state index in [1.54, 1.807) is 0 Å². The zero-order chi connectivity index (χ0) is 13.7. The molecule has 1 fully saturated rings. The third-order valence-electron chi connectivity index (χ3n) is 3.77. The molecule has 0 aliphatic carbocycles. The second-order valence-corrected chi connectivity index (χ2v) is 5.58. The van der Waals surface area contributed by atoms with E-state index in [2.05, 4.69) is 46.1 Å². The molecule has 5 nitrogen and oxygen atoms in total. The Labute approximate surface area is 116 Å². The van der Waals surface area contributed by atoms with Crippen molar-refractivity contribution >= 4 is 0 Å². The maximum Gasteiger partial charge on any atom is 0.125 e. The highest BCUT2D eigenvalue weighted by Crippen LogP contribution is 2.20. The minimum Gasteiger partial charge on any atom is -0.343 e. The molecular weight excluding hydrogens is 238 g/mol. The second kappa shape index (κ2) is 7.03. The molecule has 0 radical (unpaired) electrons. The van der Waals surface area contributed by atoms with Crippen LogP contribution < -0.4 is 5.32 Å². The Kier molecular flexibility index (Phi) is 5.36. The molecule has 1 atom stereocenters. The van der Waals surface area contributed by atoms with Crippen molar-refractivity contribution in [2.24, 2.45) is 0 Å². The van der Waals surface area contributed by atoms with Crippen molar-refractivity contribution in [2.75, 3.05) is 40.3 Å². The maximum atomic E-state index is 4.58. The molecule has 1 aliphatic heterocycles. The van der Waals surface area contributed by atoms with E-state index in [4.69, 9.17) is 0 Å². The average Bonchev–Trinajstić information content (AvgIpc) is 2.78. The SMILES string of the molecule is CCCNCc1cnc(C2CN(C)CCCN2C)[nH]1. The van der Waals surface area contributed by atoms with Crippen LogP contribution in [0.25, 0.3) is 0 Å². The fraction of sp³-hybridized carbons (Fsp3) is 0.786. The lowest BCUT2D eigenvalue weighted by Crippen LogP contribution is -2.31. The molecule has 1 unspecified atom stereocenters. The number of hydrogen-bond donors (Lipinski definition) is 2. The predicted molar refractivity (Wildman–Crippen MR) is 78.1 cm³/mol. The number of H-pyrrole nitrogens is 1. The van der Waals surface area contributed by atoms with Crippen LogP contribution in [-0.2, 0) is 6.54 Å². The molecule has 2 N–H and O–H groups in total. The normalized spacial score (nSPS) is 22.6. The molecule has 2 heterocycles. The van der Waals surface area contributed by atoms with Crippen LogP contribution >= 0.6 is 0 Å². The van der Waals surface area contributed by atoms with Crippen molar-refractivity contribution in [1.82, 2.24) is 25.1 Å². The molecule has 0 bridgehead atoms. The molecular formula is C14H27N5. The number of rotatable bonds is 5. The largest absolute Gasteiger partial charge is 0.343 e. The summed E-state index contributed by atoms with van der Waals surface area (Å²) >= 11 is 0. The van der Waals surface area contributed by atoms with E-state index in [0.717, 1.165) is 38.4 Å². The van der Waals surface area contributed by atoms with Gasteiger partial charge in [-0.1, -0.05) is 6.92 Å². The van der Waals surface area contributed by atoms with Crippen LogP contribution in [0.15, 0.2) is 6.20 Å². The van der Waals surface area contributed by atoms with E-state index in [-0.39, 0.29) is 0 Å². The summed E-state index contributed by atoms with van der Waals surface area (Å²) in [5.74, 6) is 1.10. The van der Waals surface area contributed by atoms with Gasteiger partial charge in [0.1, 0.15) is 5.82 Å². The Morgan fingerprint density at radius 2 is 2.26 bits per heavy atom. The summed E-state index contributed by atoms with van der Waals surface area (Å²) in [6, 6.07) is 0.382. The average molecular weight is 265 g/mol. The first kappa shape index (κ1) is 14.5. The maximum absolute atomic E-state index is 4.58. The highest BCUT2D eigenvalue weighted by molar-refractivity contribution is 5.06. The van der Waals surface area contributed by atoms with Crippen molar-refractivity contribution in [2.45, 2.75) is 32.4 Å². The van der Waals surface area contributed by atoms with Crippen LogP contribution in [0.4, 0.5) is 0 Å². The van der Waals surface area contributed by atoms with Gasteiger partial charge in [0, 0.05) is 25.0 Å². The van der Waals surface area contributed by atoms with E-state index in [1.165, 1.54) is 18.7 Å². The molecule has 0 spiro atoms. The van der Waals surface area contributed by atoms with Gasteiger partial charge in [0.25, 0.3) is 0 Å². The minimum atomic E-state index is 0.382. The standard InChI is InChI=1S/C14H27N5/c1-4-6-15-9-12-10-16-14(17-12)13-11-18(2)7-5-8-19(13)3/h10,13,15H,4-9,11H2,1-3H3,(H,16,17). The van der Waals surface area contributed by atoms with Gasteiger partial charge in [-0.15, -0.1) is 0 Å². The molecule has 5 heteroatoms. The molecule has 108 valence electrons. The van der Waals surface area contributed by atoms with Gasteiger partial charge in [-0.25, -0.2) is 4.98 Å². The summed E-state index contributed by atoms with van der Waals surface area (Å²) in [6.07, 6.45) is 4.36. The molecule has 1 aromatic heterocycles. The van der Waals surface area contributed by atoms with Gasteiger partial charge in [0.15, 0.2) is 0 Å². The minimum absolute atomic E-state index is 0.382. The summed E-state index contributed by atoms with van der Waals surface area (Å²) in [6.45, 7) is 7.48. The number of imidazole rings is 1. The van der Waals surface area contributed by atoms with Gasteiger partial charge < -0.3 is 15.2 Å². The van der Waals surface area contributed by atoms with Gasteiger partial charge in [0.2, 0.25) is 0 Å². The number of hydrogen-bond acceptors (Lipinski definition) is 4. The number of nitrogens with zero attached hydrogens (tertiary/aromatic N) is 3. The summed E-state index contributed by atoms with van der Waals surface area (Å²) < 4.78 is 0. The van der Waals surface area contributed by atoms with Crippen LogP contribution in [0.2, 0.25) is 0 Å². The number of aromatic amines is 1. The molecule has 0 aromatic carbocycles. The van der Waals surface area contributed by atoms with Gasteiger partial charge in [-0.3, -0.25) is 4.90 Å². The van der Waals surface area contributed by atoms with E-state index in [1.807, 2.05) is 6.20 Å². The zero-order valence-electron chi connectivity index (χ0n) is 12.4. The quantitative estimate of drug-likeness (QED) is 0.786. The smallest absolute Gasteiger partial charge is 0.125 e. The van der Waals surface area contributed by atoms with Crippen LogP contribution in [0.5, 0.6) is 0 Å². The van der Waals surface area contributed by atoms with Crippen molar-refractivity contribution in [3.8, 4) is 0 Å². The zero-order valence-corrected chi connectivity index (χ0v) is 12.4. The molecule has 1 aliphatic rings. The van der Waals surface area contributed by atoms with Crippen molar-refractivity contribution in [1.29, 1.82) is 0 Å². The lowest BCUT2D eigenvalue weighted by molar-refractivity contribution is 0.220. The fourth-order valence-corrected chi connectivity index (χ4v) is 2.60. The van der Waals surface area contributed by atoms with Crippen LogP contribution in [0.3, 0.4) is 0 Å². The Bertz CT molecular complexity index is 376. The van der Waals surface area contributed by atoms with Crippen molar-refractivity contribution in [3.63, 3.8) is 0 Å². The predicted octanol–water partition coefficient (Wildman–Crippen LogP) is 1.22. The Balaban J connectivity index is 1.99. The number of aromatic nitrogens is 2. The van der Waals surface area contributed by atoms with Gasteiger partial charge in [0.05, 0.1) is 6.04 Å². The lowest BCUT2D eigenvalue weighted by atomic mass is 10.2. The number of nitrogens with one attached hydrogen (secondary N) is 2. The van der Waals surface area contributed by atoms with Gasteiger partial charge >= 0.3 is 0 Å². The van der Waals surface area contributed by atoms with E-state index in [9.17, 15) is 0 Å². The highest BCUT2D eigenvalue weighted by Gasteiger charge is 2.24. The second-order valence-electron chi connectivity index (χ2n) is 5.58. The van der Waals surface area contributed by atoms with E-state index >= 15 is 0 Å². The summed E-state index contributed by atoms with van der Waals surface area (Å²) in [5, 5.41) is 3.40. The molecule has 0 saturated carbocycles. The Morgan fingerprint density at radius 1 is 1.42 bits per heavy atom. The van der Waals surface area contributed by atoms with Crippen molar-refractivity contribution in [3.05, 3.63) is 17.7 Å². The third kappa shape index (κ3) is 4.03.